The van der Waals surface area contributed by atoms with E-state index in [-0.39, 0.29) is 6.10 Å². The molecule has 2 aromatic heterocycles. The minimum absolute atomic E-state index is 0.176. The zero-order chi connectivity index (χ0) is 21.8. The number of ether oxygens (including phenoxy) is 2. The van der Waals surface area contributed by atoms with Crippen LogP contribution in [0.2, 0.25) is 0 Å². The van der Waals surface area contributed by atoms with Gasteiger partial charge in [-0.3, -0.25) is 4.98 Å². The molecule has 2 fully saturated rings. The van der Waals surface area contributed by atoms with Crippen molar-refractivity contribution in [3.05, 3.63) is 42.6 Å². The number of aryl methyl sites for hydroxylation is 1. The van der Waals surface area contributed by atoms with E-state index in [1.807, 2.05) is 6.07 Å². The topological polar surface area (TPSA) is 85.3 Å². The van der Waals surface area contributed by atoms with Gasteiger partial charge >= 0.3 is 0 Å². The Bertz CT molecular complexity index is 1050. The minimum atomic E-state index is 0.176. The lowest BCUT2D eigenvalue weighted by molar-refractivity contribution is 0.122. The predicted octanol–water partition coefficient (Wildman–Crippen LogP) is 3.62. The van der Waals surface area contributed by atoms with Gasteiger partial charge in [0.05, 0.1) is 24.8 Å². The van der Waals surface area contributed by atoms with Crippen LogP contribution in [-0.4, -0.2) is 58.4 Å². The Labute approximate surface area is 188 Å². The summed E-state index contributed by atoms with van der Waals surface area (Å²) >= 11 is 0. The normalized spacial score (nSPS) is 21.5. The van der Waals surface area contributed by atoms with Crippen molar-refractivity contribution in [2.75, 3.05) is 36.5 Å². The fourth-order valence-electron chi connectivity index (χ4n) is 4.51. The molecular formula is C24H30N6O2. The molecule has 1 saturated heterocycles. The molecule has 1 N–H and O–H groups in total. The Kier molecular flexibility index (Phi) is 6.29. The smallest absolute Gasteiger partial charge is 0.149 e. The number of benzene rings is 1. The van der Waals surface area contributed by atoms with Crippen LogP contribution in [0.25, 0.3) is 11.0 Å². The summed E-state index contributed by atoms with van der Waals surface area (Å²) in [4.78, 5) is 20.1. The molecule has 1 saturated carbocycles. The van der Waals surface area contributed by atoms with Crippen molar-refractivity contribution < 1.29 is 9.47 Å². The summed E-state index contributed by atoms with van der Waals surface area (Å²) in [7, 11) is 0. The van der Waals surface area contributed by atoms with Crippen LogP contribution in [0, 0.1) is 0 Å². The number of morpholine rings is 1. The number of rotatable bonds is 6. The summed E-state index contributed by atoms with van der Waals surface area (Å²) < 4.78 is 12.0. The zero-order valence-corrected chi connectivity index (χ0v) is 18.5. The summed E-state index contributed by atoms with van der Waals surface area (Å²) in [6, 6.07) is 6.68. The molecule has 0 atom stereocenters. The lowest BCUT2D eigenvalue weighted by Gasteiger charge is -2.31. The molecule has 0 unspecified atom stereocenters. The van der Waals surface area contributed by atoms with Gasteiger partial charge in [0, 0.05) is 55.0 Å². The van der Waals surface area contributed by atoms with Gasteiger partial charge in [0.2, 0.25) is 0 Å². The highest BCUT2D eigenvalue weighted by Gasteiger charge is 2.24. The highest BCUT2D eigenvalue weighted by molar-refractivity contribution is 5.85. The van der Waals surface area contributed by atoms with Gasteiger partial charge in [-0.05, 0) is 38.2 Å². The highest BCUT2D eigenvalue weighted by atomic mass is 16.5. The van der Waals surface area contributed by atoms with Crippen molar-refractivity contribution in [1.29, 1.82) is 0 Å². The van der Waals surface area contributed by atoms with Gasteiger partial charge in [-0.1, -0.05) is 6.92 Å². The van der Waals surface area contributed by atoms with Gasteiger partial charge in [0.1, 0.15) is 23.4 Å². The van der Waals surface area contributed by atoms with Crippen molar-refractivity contribution in [3.8, 4) is 5.75 Å². The minimum Gasteiger partial charge on any atom is -0.488 e. The van der Waals surface area contributed by atoms with Crippen molar-refractivity contribution in [2.45, 2.75) is 51.2 Å². The van der Waals surface area contributed by atoms with Crippen LogP contribution in [0.5, 0.6) is 5.75 Å². The van der Waals surface area contributed by atoms with Crippen LogP contribution in [0.15, 0.2) is 36.9 Å². The average molecular weight is 435 g/mol. The molecule has 1 aliphatic carbocycles. The molecule has 8 heteroatoms. The third kappa shape index (κ3) is 4.75. The number of anilines is 2. The molecule has 0 spiro atoms. The molecule has 3 aromatic rings. The van der Waals surface area contributed by atoms with E-state index in [2.05, 4.69) is 49.2 Å². The third-order valence-corrected chi connectivity index (χ3v) is 6.31. The molecule has 1 aromatic carbocycles. The molecule has 32 heavy (non-hydrogen) atoms. The molecule has 3 heterocycles. The van der Waals surface area contributed by atoms with E-state index >= 15 is 0 Å². The molecule has 2 aliphatic rings. The first-order valence-electron chi connectivity index (χ1n) is 11.6. The van der Waals surface area contributed by atoms with Crippen LogP contribution in [-0.2, 0) is 11.2 Å². The quantitative estimate of drug-likeness (QED) is 0.630. The van der Waals surface area contributed by atoms with Gasteiger partial charge in [-0.25, -0.2) is 15.0 Å². The van der Waals surface area contributed by atoms with Gasteiger partial charge < -0.3 is 19.7 Å². The standard InChI is InChI=1S/C24H30N6O2/c1-2-17-13-23(28-16-27-17)29-18-3-5-20(6-4-18)32-22-15-19(30-9-11-31-12-10-30)14-21-24(22)26-8-7-25-21/h7-8,13-16,18,20H,2-6,9-12H2,1H3,(H,27,28,29). The maximum atomic E-state index is 6.52. The second-order valence-corrected chi connectivity index (χ2v) is 8.45. The first-order valence-corrected chi connectivity index (χ1v) is 11.6. The molecule has 0 bridgehead atoms. The van der Waals surface area contributed by atoms with Gasteiger partial charge in [0.15, 0.2) is 0 Å². The Morgan fingerprint density at radius 3 is 2.62 bits per heavy atom. The van der Waals surface area contributed by atoms with Crippen LogP contribution in [0.4, 0.5) is 11.5 Å². The summed E-state index contributed by atoms with van der Waals surface area (Å²) in [5.74, 6) is 1.75. The highest BCUT2D eigenvalue weighted by Crippen LogP contribution is 2.33. The monoisotopic (exact) mass is 434 g/mol. The van der Waals surface area contributed by atoms with E-state index in [9.17, 15) is 0 Å². The molecule has 0 radical (unpaired) electrons. The van der Waals surface area contributed by atoms with Crippen LogP contribution < -0.4 is 15.0 Å². The Balaban J connectivity index is 1.26. The van der Waals surface area contributed by atoms with Crippen molar-refractivity contribution in [2.24, 2.45) is 0 Å². The molecule has 0 amide bonds. The number of hydrogen-bond acceptors (Lipinski definition) is 8. The van der Waals surface area contributed by atoms with E-state index in [0.29, 0.717) is 6.04 Å². The van der Waals surface area contributed by atoms with Gasteiger partial charge in [0.25, 0.3) is 0 Å². The molecule has 8 nitrogen and oxygen atoms in total. The number of nitrogens with one attached hydrogen (secondary N) is 1. The maximum Gasteiger partial charge on any atom is 0.149 e. The fraction of sp³-hybridized carbons (Fsp3) is 0.500. The molecular weight excluding hydrogens is 404 g/mol. The second kappa shape index (κ2) is 9.65. The zero-order valence-electron chi connectivity index (χ0n) is 18.5. The van der Waals surface area contributed by atoms with E-state index < -0.39 is 0 Å². The predicted molar refractivity (Wildman–Crippen MR) is 124 cm³/mol. The molecule has 5 rings (SSSR count). The van der Waals surface area contributed by atoms with Gasteiger partial charge in [-0.2, -0.15) is 0 Å². The van der Waals surface area contributed by atoms with E-state index in [0.717, 1.165) is 92.4 Å². The Morgan fingerprint density at radius 1 is 1.00 bits per heavy atom. The largest absolute Gasteiger partial charge is 0.488 e. The molecule has 1 aliphatic heterocycles. The summed E-state index contributed by atoms with van der Waals surface area (Å²) in [5.41, 5.74) is 3.89. The lowest BCUT2D eigenvalue weighted by Crippen LogP contribution is -2.36. The maximum absolute atomic E-state index is 6.52. The third-order valence-electron chi connectivity index (χ3n) is 6.31. The van der Waals surface area contributed by atoms with Gasteiger partial charge in [-0.15, -0.1) is 0 Å². The van der Waals surface area contributed by atoms with Crippen LogP contribution in [0.1, 0.15) is 38.3 Å². The SMILES string of the molecule is CCc1cc(NC2CCC(Oc3cc(N4CCOCC4)cc4nccnc34)CC2)ncn1. The van der Waals surface area contributed by atoms with Crippen LogP contribution >= 0.6 is 0 Å². The fourth-order valence-corrected chi connectivity index (χ4v) is 4.51. The summed E-state index contributed by atoms with van der Waals surface area (Å²) in [6.45, 7) is 5.36. The molecule has 168 valence electrons. The number of aromatic nitrogens is 4. The first-order chi connectivity index (χ1) is 15.8. The Morgan fingerprint density at radius 2 is 1.81 bits per heavy atom. The summed E-state index contributed by atoms with van der Waals surface area (Å²) in [6.07, 6.45) is 10.3. The Hall–Kier alpha value is -3.00. The van der Waals surface area contributed by atoms with E-state index in [1.54, 1.807) is 18.7 Å². The first kappa shape index (κ1) is 20.9. The number of fused-ring (bicyclic) bond motifs is 1. The number of hydrogen-bond donors (Lipinski definition) is 1. The summed E-state index contributed by atoms with van der Waals surface area (Å²) in [5, 5.41) is 3.57. The second-order valence-electron chi connectivity index (χ2n) is 8.45. The lowest BCUT2D eigenvalue weighted by atomic mass is 9.93. The van der Waals surface area contributed by atoms with Crippen molar-refractivity contribution in [1.82, 2.24) is 19.9 Å². The van der Waals surface area contributed by atoms with Crippen molar-refractivity contribution >= 4 is 22.5 Å². The van der Waals surface area contributed by atoms with E-state index in [4.69, 9.17) is 9.47 Å². The number of nitrogens with zero attached hydrogens (tertiary/aromatic N) is 5. The van der Waals surface area contributed by atoms with Crippen LogP contribution in [0.3, 0.4) is 0 Å². The average Bonchev–Trinajstić information content (AvgIpc) is 2.86. The van der Waals surface area contributed by atoms with E-state index in [1.165, 1.54) is 0 Å². The van der Waals surface area contributed by atoms with Crippen molar-refractivity contribution in [3.63, 3.8) is 0 Å².